The summed E-state index contributed by atoms with van der Waals surface area (Å²) in [6.45, 7) is -2.88. The molecule has 3 N–H and O–H groups in total. The SMILES string of the molecule is NC(=S)c1ccc(Nc2ccccc2OC(F)F)c(Br)c1. The van der Waals surface area contributed by atoms with Crippen molar-refractivity contribution in [1.29, 1.82) is 0 Å². The zero-order valence-corrected chi connectivity index (χ0v) is 13.0. The van der Waals surface area contributed by atoms with E-state index in [4.69, 9.17) is 18.0 Å². The number of para-hydroxylation sites is 2. The van der Waals surface area contributed by atoms with Crippen molar-refractivity contribution < 1.29 is 13.5 Å². The Bertz CT molecular complexity index is 667. The number of hydrogen-bond acceptors (Lipinski definition) is 3. The smallest absolute Gasteiger partial charge is 0.387 e. The van der Waals surface area contributed by atoms with E-state index in [1.165, 1.54) is 6.07 Å². The summed E-state index contributed by atoms with van der Waals surface area (Å²) in [5, 5.41) is 3.02. The number of anilines is 2. The quantitative estimate of drug-likeness (QED) is 0.762. The molecule has 21 heavy (non-hydrogen) atoms. The fourth-order valence-corrected chi connectivity index (χ4v) is 2.29. The number of thiocarbonyl (C=S) groups is 1. The Morgan fingerprint density at radius 3 is 2.52 bits per heavy atom. The average molecular weight is 373 g/mol. The van der Waals surface area contributed by atoms with E-state index in [1.54, 1.807) is 36.4 Å². The van der Waals surface area contributed by atoms with Gasteiger partial charge in [-0.15, -0.1) is 0 Å². The van der Waals surface area contributed by atoms with Gasteiger partial charge in [-0.1, -0.05) is 24.4 Å². The minimum absolute atomic E-state index is 0.0674. The second-order valence-electron chi connectivity index (χ2n) is 4.06. The van der Waals surface area contributed by atoms with Gasteiger partial charge in [-0.25, -0.2) is 0 Å². The third-order valence-electron chi connectivity index (χ3n) is 2.63. The van der Waals surface area contributed by atoms with E-state index in [1.807, 2.05) is 0 Å². The maximum atomic E-state index is 12.4. The van der Waals surface area contributed by atoms with Gasteiger partial charge in [0.1, 0.15) is 10.7 Å². The van der Waals surface area contributed by atoms with Crippen LogP contribution >= 0.6 is 28.1 Å². The number of nitrogens with one attached hydrogen (secondary N) is 1. The number of hydrogen-bond donors (Lipinski definition) is 2. The Balaban J connectivity index is 2.28. The van der Waals surface area contributed by atoms with Crippen LogP contribution in [-0.4, -0.2) is 11.6 Å². The summed E-state index contributed by atoms with van der Waals surface area (Å²) >= 11 is 8.28. The molecule has 3 nitrogen and oxygen atoms in total. The summed E-state index contributed by atoms with van der Waals surface area (Å²) in [7, 11) is 0. The summed E-state index contributed by atoms with van der Waals surface area (Å²) in [6, 6.07) is 11.7. The Hall–Kier alpha value is -1.73. The molecule has 2 rings (SSSR count). The van der Waals surface area contributed by atoms with Crippen molar-refractivity contribution >= 4 is 44.5 Å². The minimum atomic E-state index is -2.88. The van der Waals surface area contributed by atoms with Crippen molar-refractivity contribution in [3.8, 4) is 5.75 Å². The molecule has 0 saturated heterocycles. The molecule has 0 bridgehead atoms. The van der Waals surface area contributed by atoms with Crippen LogP contribution in [0.1, 0.15) is 5.56 Å². The third-order valence-corrected chi connectivity index (χ3v) is 3.52. The second kappa shape index (κ2) is 6.82. The van der Waals surface area contributed by atoms with Crippen LogP contribution in [0.4, 0.5) is 20.2 Å². The highest BCUT2D eigenvalue weighted by Crippen LogP contribution is 2.32. The highest BCUT2D eigenvalue weighted by Gasteiger charge is 2.10. The predicted molar refractivity (Wildman–Crippen MR) is 86.4 cm³/mol. The first-order chi connectivity index (χ1) is 9.97. The van der Waals surface area contributed by atoms with E-state index < -0.39 is 6.61 Å². The van der Waals surface area contributed by atoms with Crippen molar-refractivity contribution in [1.82, 2.24) is 0 Å². The molecule has 0 fully saturated rings. The molecule has 0 radical (unpaired) electrons. The first-order valence-electron chi connectivity index (χ1n) is 5.87. The van der Waals surface area contributed by atoms with Gasteiger partial charge in [0.25, 0.3) is 0 Å². The molecular formula is C14H11BrF2N2OS. The molecule has 0 heterocycles. The van der Waals surface area contributed by atoms with E-state index in [9.17, 15) is 8.78 Å². The third kappa shape index (κ3) is 4.12. The molecule has 0 aliphatic heterocycles. The lowest BCUT2D eigenvalue weighted by Crippen LogP contribution is -2.09. The maximum absolute atomic E-state index is 12.4. The van der Waals surface area contributed by atoms with Gasteiger partial charge in [0, 0.05) is 10.0 Å². The van der Waals surface area contributed by atoms with E-state index in [-0.39, 0.29) is 10.7 Å². The Kier molecular flexibility index (Phi) is 5.08. The standard InChI is InChI=1S/C14H11BrF2N2OS/c15-9-7-8(13(18)21)5-6-10(9)19-11-3-1-2-4-12(11)20-14(16)17/h1-7,14,19H,(H2,18,21). The molecule has 0 spiro atoms. The van der Waals surface area contributed by atoms with Gasteiger partial charge in [-0.3, -0.25) is 0 Å². The summed E-state index contributed by atoms with van der Waals surface area (Å²) in [6.07, 6.45) is 0. The highest BCUT2D eigenvalue weighted by molar-refractivity contribution is 9.10. The molecule has 0 atom stereocenters. The van der Waals surface area contributed by atoms with Gasteiger partial charge < -0.3 is 15.8 Å². The number of benzene rings is 2. The largest absolute Gasteiger partial charge is 0.433 e. The lowest BCUT2D eigenvalue weighted by atomic mass is 10.2. The van der Waals surface area contributed by atoms with Crippen LogP contribution < -0.4 is 15.8 Å². The predicted octanol–water partition coefficient (Wildman–Crippen LogP) is 4.43. The molecule has 0 aliphatic rings. The van der Waals surface area contributed by atoms with Gasteiger partial charge >= 0.3 is 6.61 Å². The molecular weight excluding hydrogens is 362 g/mol. The number of halogens is 3. The summed E-state index contributed by atoms with van der Waals surface area (Å²) < 4.78 is 29.9. The molecule has 0 amide bonds. The summed E-state index contributed by atoms with van der Waals surface area (Å²) in [5.41, 5.74) is 7.37. The van der Waals surface area contributed by atoms with Crippen LogP contribution in [0, 0.1) is 0 Å². The number of nitrogens with two attached hydrogens (primary N) is 1. The van der Waals surface area contributed by atoms with Gasteiger partial charge in [0.05, 0.1) is 11.4 Å². The molecule has 0 aromatic heterocycles. The Labute approximate surface area is 134 Å². The fraction of sp³-hybridized carbons (Fsp3) is 0.0714. The zero-order valence-electron chi connectivity index (χ0n) is 10.6. The van der Waals surface area contributed by atoms with Crippen molar-refractivity contribution in [3.05, 3.63) is 52.5 Å². The van der Waals surface area contributed by atoms with Crippen LogP contribution in [0.25, 0.3) is 0 Å². The molecule has 0 aliphatic carbocycles. The average Bonchev–Trinajstić information content (AvgIpc) is 2.42. The number of ether oxygens (including phenoxy) is 1. The van der Waals surface area contributed by atoms with Crippen LogP contribution in [0.3, 0.4) is 0 Å². The lowest BCUT2D eigenvalue weighted by Gasteiger charge is -2.14. The topological polar surface area (TPSA) is 47.3 Å². The molecule has 2 aromatic rings. The summed E-state index contributed by atoms with van der Waals surface area (Å²) in [5.74, 6) is 0.0674. The minimum Gasteiger partial charge on any atom is -0.433 e. The van der Waals surface area contributed by atoms with E-state index in [0.717, 1.165) is 0 Å². The molecule has 110 valence electrons. The Morgan fingerprint density at radius 1 is 1.19 bits per heavy atom. The lowest BCUT2D eigenvalue weighted by molar-refractivity contribution is -0.0493. The monoisotopic (exact) mass is 372 g/mol. The van der Waals surface area contributed by atoms with Gasteiger partial charge in [-0.05, 0) is 46.3 Å². The second-order valence-corrected chi connectivity index (χ2v) is 5.35. The Morgan fingerprint density at radius 2 is 1.90 bits per heavy atom. The van der Waals surface area contributed by atoms with Crippen molar-refractivity contribution in [2.45, 2.75) is 6.61 Å². The van der Waals surface area contributed by atoms with Crippen molar-refractivity contribution in [2.24, 2.45) is 5.73 Å². The number of alkyl halides is 2. The van der Waals surface area contributed by atoms with E-state index in [2.05, 4.69) is 26.0 Å². The molecule has 2 aromatic carbocycles. The van der Waals surface area contributed by atoms with Crippen molar-refractivity contribution in [2.75, 3.05) is 5.32 Å². The van der Waals surface area contributed by atoms with E-state index in [0.29, 0.717) is 21.4 Å². The van der Waals surface area contributed by atoms with Crippen LogP contribution in [0.5, 0.6) is 5.75 Å². The van der Waals surface area contributed by atoms with Gasteiger partial charge in [-0.2, -0.15) is 8.78 Å². The first kappa shape index (κ1) is 15.7. The number of rotatable bonds is 5. The fourth-order valence-electron chi connectivity index (χ4n) is 1.68. The van der Waals surface area contributed by atoms with Crippen LogP contribution in [-0.2, 0) is 0 Å². The maximum Gasteiger partial charge on any atom is 0.387 e. The summed E-state index contributed by atoms with van der Waals surface area (Å²) in [4.78, 5) is 0.281. The first-order valence-corrected chi connectivity index (χ1v) is 7.07. The van der Waals surface area contributed by atoms with Crippen LogP contribution in [0.2, 0.25) is 0 Å². The molecule has 0 saturated carbocycles. The highest BCUT2D eigenvalue weighted by atomic mass is 79.9. The normalized spacial score (nSPS) is 10.5. The van der Waals surface area contributed by atoms with Crippen molar-refractivity contribution in [3.63, 3.8) is 0 Å². The van der Waals surface area contributed by atoms with Gasteiger partial charge in [0.2, 0.25) is 0 Å². The van der Waals surface area contributed by atoms with E-state index >= 15 is 0 Å². The molecule has 7 heteroatoms. The zero-order chi connectivity index (χ0) is 15.4. The van der Waals surface area contributed by atoms with Crippen LogP contribution in [0.15, 0.2) is 46.9 Å². The van der Waals surface area contributed by atoms with Gasteiger partial charge in [0.15, 0.2) is 0 Å². The molecule has 0 unspecified atom stereocenters.